The van der Waals surface area contributed by atoms with Crippen LogP contribution in [-0.4, -0.2) is 35.0 Å². The van der Waals surface area contributed by atoms with Gasteiger partial charge in [-0.1, -0.05) is 30.3 Å². The van der Waals surface area contributed by atoms with Crippen LogP contribution in [0.1, 0.15) is 30.7 Å². The summed E-state index contributed by atoms with van der Waals surface area (Å²) in [5.74, 6) is 1.57. The lowest BCUT2D eigenvalue weighted by molar-refractivity contribution is -0.125. The van der Waals surface area contributed by atoms with E-state index in [1.165, 1.54) is 5.56 Å². The molecule has 124 valence electrons. The van der Waals surface area contributed by atoms with Gasteiger partial charge < -0.3 is 10.2 Å². The first-order chi connectivity index (χ1) is 11.8. The molecule has 0 bridgehead atoms. The van der Waals surface area contributed by atoms with E-state index in [2.05, 4.69) is 44.5 Å². The van der Waals surface area contributed by atoms with Crippen LogP contribution in [0.4, 0.5) is 5.82 Å². The highest BCUT2D eigenvalue weighted by Gasteiger charge is 2.40. The van der Waals surface area contributed by atoms with Gasteiger partial charge in [0, 0.05) is 37.4 Å². The number of hydrogen-bond donors (Lipinski definition) is 1. The molecular formula is C19H22N4O. The third kappa shape index (κ3) is 3.25. The number of amides is 1. The van der Waals surface area contributed by atoms with Gasteiger partial charge in [0.15, 0.2) is 0 Å². The van der Waals surface area contributed by atoms with Crippen molar-refractivity contribution in [1.29, 1.82) is 0 Å². The molecule has 2 aromatic rings. The summed E-state index contributed by atoms with van der Waals surface area (Å²) in [6.45, 7) is 1.67. The number of aromatic nitrogens is 2. The Morgan fingerprint density at radius 3 is 2.88 bits per heavy atom. The standard InChI is InChI=1S/C19H22N4O/c24-19(22-17-11-16(17)14-5-2-1-3-6-14)15-7-4-10-23(13-15)18-12-20-8-9-21-18/h1-3,5-6,8-9,12,15-17H,4,7,10-11,13H2,(H,22,24)/t15-,16-,17+/m0/s1. The first kappa shape index (κ1) is 15.1. The van der Waals surface area contributed by atoms with Crippen LogP contribution >= 0.6 is 0 Å². The molecule has 1 aromatic carbocycles. The van der Waals surface area contributed by atoms with Crippen molar-refractivity contribution in [3.05, 3.63) is 54.5 Å². The van der Waals surface area contributed by atoms with Crippen molar-refractivity contribution in [2.45, 2.75) is 31.2 Å². The van der Waals surface area contributed by atoms with E-state index in [-0.39, 0.29) is 11.8 Å². The Morgan fingerprint density at radius 1 is 1.21 bits per heavy atom. The number of piperidine rings is 1. The highest BCUT2D eigenvalue weighted by Crippen LogP contribution is 2.40. The van der Waals surface area contributed by atoms with Crippen LogP contribution in [0.15, 0.2) is 48.9 Å². The highest BCUT2D eigenvalue weighted by atomic mass is 16.2. The van der Waals surface area contributed by atoms with Crippen molar-refractivity contribution in [3.8, 4) is 0 Å². The number of nitrogens with one attached hydrogen (secondary N) is 1. The zero-order chi connectivity index (χ0) is 16.4. The Hall–Kier alpha value is -2.43. The molecule has 0 spiro atoms. The van der Waals surface area contributed by atoms with E-state index >= 15 is 0 Å². The number of rotatable bonds is 4. The van der Waals surface area contributed by atoms with Gasteiger partial charge in [0.2, 0.25) is 5.91 Å². The summed E-state index contributed by atoms with van der Waals surface area (Å²) < 4.78 is 0. The quantitative estimate of drug-likeness (QED) is 0.939. The van der Waals surface area contributed by atoms with E-state index in [4.69, 9.17) is 0 Å². The van der Waals surface area contributed by atoms with E-state index in [1.807, 2.05) is 6.07 Å². The summed E-state index contributed by atoms with van der Waals surface area (Å²) in [4.78, 5) is 23.3. The first-order valence-electron chi connectivity index (χ1n) is 8.67. The zero-order valence-electron chi connectivity index (χ0n) is 13.6. The number of carbonyl (C=O) groups excluding carboxylic acids is 1. The van der Waals surface area contributed by atoms with E-state index in [0.29, 0.717) is 12.0 Å². The molecule has 1 aromatic heterocycles. The van der Waals surface area contributed by atoms with Crippen LogP contribution in [0.3, 0.4) is 0 Å². The molecule has 1 aliphatic carbocycles. The van der Waals surface area contributed by atoms with Crippen molar-refractivity contribution in [2.24, 2.45) is 5.92 Å². The molecule has 5 nitrogen and oxygen atoms in total. The van der Waals surface area contributed by atoms with Crippen LogP contribution in [0.2, 0.25) is 0 Å². The maximum atomic E-state index is 12.6. The summed E-state index contributed by atoms with van der Waals surface area (Å²) in [6.07, 6.45) is 8.16. The molecule has 0 unspecified atom stereocenters. The van der Waals surface area contributed by atoms with Crippen LogP contribution in [-0.2, 0) is 4.79 Å². The molecule has 1 amide bonds. The second kappa shape index (κ2) is 6.59. The van der Waals surface area contributed by atoms with Gasteiger partial charge in [-0.05, 0) is 24.8 Å². The SMILES string of the molecule is O=C(N[C@@H]1C[C@H]1c1ccccc1)[C@H]1CCCN(c2cnccn2)C1. The van der Waals surface area contributed by atoms with Gasteiger partial charge in [0.1, 0.15) is 5.82 Å². The maximum Gasteiger partial charge on any atom is 0.225 e. The fourth-order valence-corrected chi connectivity index (χ4v) is 3.58. The molecule has 24 heavy (non-hydrogen) atoms. The molecular weight excluding hydrogens is 300 g/mol. The predicted octanol–water partition coefficient (Wildman–Crippen LogP) is 2.37. The van der Waals surface area contributed by atoms with Gasteiger partial charge in [0.05, 0.1) is 12.1 Å². The van der Waals surface area contributed by atoms with Gasteiger partial charge in [-0.3, -0.25) is 9.78 Å². The Labute approximate surface area is 142 Å². The van der Waals surface area contributed by atoms with Gasteiger partial charge in [-0.25, -0.2) is 4.98 Å². The lowest BCUT2D eigenvalue weighted by Crippen LogP contribution is -2.44. The largest absolute Gasteiger partial charge is 0.355 e. The molecule has 2 fully saturated rings. The van der Waals surface area contributed by atoms with Gasteiger partial charge in [-0.2, -0.15) is 0 Å². The van der Waals surface area contributed by atoms with E-state index < -0.39 is 0 Å². The molecule has 2 heterocycles. The van der Waals surface area contributed by atoms with Crippen molar-refractivity contribution in [1.82, 2.24) is 15.3 Å². The third-order valence-electron chi connectivity index (χ3n) is 5.01. The number of nitrogens with zero attached hydrogens (tertiary/aromatic N) is 3. The normalized spacial score (nSPS) is 26.0. The topological polar surface area (TPSA) is 58.1 Å². The van der Waals surface area contributed by atoms with Crippen LogP contribution in [0.25, 0.3) is 0 Å². The van der Waals surface area contributed by atoms with Crippen LogP contribution in [0, 0.1) is 5.92 Å². The minimum Gasteiger partial charge on any atom is -0.355 e. The summed E-state index contributed by atoms with van der Waals surface area (Å²) in [5, 5.41) is 3.24. The zero-order valence-corrected chi connectivity index (χ0v) is 13.6. The van der Waals surface area contributed by atoms with Crippen molar-refractivity contribution in [2.75, 3.05) is 18.0 Å². The van der Waals surface area contributed by atoms with Crippen molar-refractivity contribution >= 4 is 11.7 Å². The second-order valence-electron chi connectivity index (χ2n) is 6.72. The first-order valence-corrected chi connectivity index (χ1v) is 8.67. The number of hydrogen-bond acceptors (Lipinski definition) is 4. The third-order valence-corrected chi connectivity index (χ3v) is 5.01. The lowest BCUT2D eigenvalue weighted by atomic mass is 9.97. The fourth-order valence-electron chi connectivity index (χ4n) is 3.58. The minimum absolute atomic E-state index is 0.0396. The maximum absolute atomic E-state index is 12.6. The summed E-state index contributed by atoms with van der Waals surface area (Å²) in [5.41, 5.74) is 1.33. The number of carbonyl (C=O) groups is 1. The van der Waals surface area contributed by atoms with E-state index in [0.717, 1.165) is 38.2 Å². The average Bonchev–Trinajstić information content (AvgIpc) is 3.42. The molecule has 1 saturated heterocycles. The predicted molar refractivity (Wildman–Crippen MR) is 92.7 cm³/mol. The van der Waals surface area contributed by atoms with Crippen LogP contribution < -0.4 is 10.2 Å². The van der Waals surface area contributed by atoms with Crippen molar-refractivity contribution < 1.29 is 4.79 Å². The Kier molecular flexibility index (Phi) is 4.15. The number of anilines is 1. The Morgan fingerprint density at radius 2 is 2.08 bits per heavy atom. The average molecular weight is 322 g/mol. The molecule has 1 saturated carbocycles. The fraction of sp³-hybridized carbons (Fsp3) is 0.421. The smallest absolute Gasteiger partial charge is 0.225 e. The summed E-state index contributed by atoms with van der Waals surface area (Å²) in [7, 11) is 0. The molecule has 1 N–H and O–H groups in total. The monoisotopic (exact) mass is 322 g/mol. The number of benzene rings is 1. The second-order valence-corrected chi connectivity index (χ2v) is 6.72. The molecule has 4 rings (SSSR count). The molecule has 5 heteroatoms. The van der Waals surface area contributed by atoms with Crippen molar-refractivity contribution in [3.63, 3.8) is 0 Å². The lowest BCUT2D eigenvalue weighted by Gasteiger charge is -2.32. The molecule has 0 radical (unpaired) electrons. The molecule has 2 aliphatic rings. The van der Waals surface area contributed by atoms with E-state index in [1.54, 1.807) is 18.6 Å². The van der Waals surface area contributed by atoms with E-state index in [9.17, 15) is 4.79 Å². The minimum atomic E-state index is 0.0396. The Balaban J connectivity index is 1.34. The summed E-state index contributed by atoms with van der Waals surface area (Å²) >= 11 is 0. The summed E-state index contributed by atoms with van der Waals surface area (Å²) in [6, 6.07) is 10.7. The Bertz CT molecular complexity index is 691. The van der Waals surface area contributed by atoms with Gasteiger partial charge in [-0.15, -0.1) is 0 Å². The highest BCUT2D eigenvalue weighted by molar-refractivity contribution is 5.80. The van der Waals surface area contributed by atoms with Gasteiger partial charge in [0.25, 0.3) is 0 Å². The van der Waals surface area contributed by atoms with Gasteiger partial charge >= 0.3 is 0 Å². The molecule has 1 aliphatic heterocycles. The van der Waals surface area contributed by atoms with Crippen LogP contribution in [0.5, 0.6) is 0 Å². The molecule has 3 atom stereocenters.